The van der Waals surface area contributed by atoms with Gasteiger partial charge in [-0.25, -0.2) is 0 Å². The molecule has 0 saturated carbocycles. The fourth-order valence-electron chi connectivity index (χ4n) is 0.780. The molecule has 0 amide bonds. The number of hydrogen-bond donors (Lipinski definition) is 3. The van der Waals surface area contributed by atoms with Crippen molar-refractivity contribution >= 4 is 5.97 Å². The Morgan fingerprint density at radius 1 is 1.18 bits per heavy atom. The van der Waals surface area contributed by atoms with E-state index in [0.717, 1.165) is 6.42 Å². The van der Waals surface area contributed by atoms with Crippen LogP contribution < -0.4 is 0 Å². The van der Waals surface area contributed by atoms with E-state index in [1.165, 1.54) is 0 Å². The summed E-state index contributed by atoms with van der Waals surface area (Å²) < 4.78 is 0. The molecule has 0 unspecified atom stereocenters. The van der Waals surface area contributed by atoms with Crippen molar-refractivity contribution in [2.24, 2.45) is 0 Å². The van der Waals surface area contributed by atoms with Gasteiger partial charge in [0.25, 0.3) is 0 Å². The van der Waals surface area contributed by atoms with Crippen LogP contribution in [0.5, 0.6) is 0 Å². The zero-order chi connectivity index (χ0) is 8.69. The lowest BCUT2D eigenvalue weighted by molar-refractivity contribution is -0.137. The molecular weight excluding hydrogens is 148 g/mol. The lowest BCUT2D eigenvalue weighted by Gasteiger charge is -2.01. The molecule has 0 spiro atoms. The molecular formula is C7H14O4. The monoisotopic (exact) mass is 162 g/mol. The Labute approximate surface area is 65.5 Å². The second-order valence-corrected chi connectivity index (χ2v) is 2.47. The zero-order valence-electron chi connectivity index (χ0n) is 6.36. The van der Waals surface area contributed by atoms with Crippen molar-refractivity contribution in [3.8, 4) is 0 Å². The topological polar surface area (TPSA) is 77.8 Å². The van der Waals surface area contributed by atoms with E-state index in [1.807, 2.05) is 0 Å². The van der Waals surface area contributed by atoms with Crippen LogP contribution in [0, 0.1) is 0 Å². The summed E-state index contributed by atoms with van der Waals surface area (Å²) in [6.07, 6.45) is 1.28. The third kappa shape index (κ3) is 9.39. The minimum Gasteiger partial charge on any atom is -0.481 e. The van der Waals surface area contributed by atoms with Gasteiger partial charge in [-0.1, -0.05) is 6.42 Å². The van der Waals surface area contributed by atoms with Crippen molar-refractivity contribution in [2.45, 2.75) is 38.4 Å². The largest absolute Gasteiger partial charge is 0.481 e. The number of aliphatic hydroxyl groups excluding tert-OH is 1. The Bertz CT molecular complexity index is 111. The molecule has 11 heavy (non-hydrogen) atoms. The third-order valence-electron chi connectivity index (χ3n) is 1.35. The predicted octanol–water partition coefficient (Wildman–Crippen LogP) is 0.332. The first-order valence-corrected chi connectivity index (χ1v) is 3.71. The highest BCUT2D eigenvalue weighted by Gasteiger charge is 1.98. The Morgan fingerprint density at radius 3 is 2.27 bits per heavy atom. The molecule has 0 aliphatic carbocycles. The standard InChI is InChI=1S/C7H14O4/c8-6(9)4-2-1-3-5-7(10)11/h6,8-9H,1-5H2,(H,10,11). The maximum atomic E-state index is 10.00. The summed E-state index contributed by atoms with van der Waals surface area (Å²) in [4.78, 5) is 10.00. The van der Waals surface area contributed by atoms with Crippen LogP contribution in [0.4, 0.5) is 0 Å². The first-order valence-electron chi connectivity index (χ1n) is 3.71. The highest BCUT2D eigenvalue weighted by molar-refractivity contribution is 5.66. The smallest absolute Gasteiger partial charge is 0.303 e. The normalized spacial score (nSPS) is 10.5. The molecule has 0 aromatic rings. The van der Waals surface area contributed by atoms with Crippen molar-refractivity contribution in [2.75, 3.05) is 0 Å². The fraction of sp³-hybridized carbons (Fsp3) is 0.857. The summed E-state index contributed by atoms with van der Waals surface area (Å²) in [5.41, 5.74) is 0. The molecule has 0 bridgehead atoms. The Kier molecular flexibility index (Phi) is 5.78. The van der Waals surface area contributed by atoms with Gasteiger partial charge in [-0.05, 0) is 19.3 Å². The molecule has 3 N–H and O–H groups in total. The number of unbranched alkanes of at least 4 members (excludes halogenated alkanes) is 2. The quantitative estimate of drug-likeness (QED) is 0.388. The fourth-order valence-corrected chi connectivity index (χ4v) is 0.780. The van der Waals surface area contributed by atoms with Crippen LogP contribution in [0.1, 0.15) is 32.1 Å². The molecule has 0 aliphatic rings. The van der Waals surface area contributed by atoms with Crippen molar-refractivity contribution in [1.29, 1.82) is 0 Å². The van der Waals surface area contributed by atoms with Crippen LogP contribution in [0.25, 0.3) is 0 Å². The number of rotatable bonds is 6. The van der Waals surface area contributed by atoms with E-state index in [4.69, 9.17) is 15.3 Å². The number of carboxylic acids is 1. The second-order valence-electron chi connectivity index (χ2n) is 2.47. The minimum atomic E-state index is -1.25. The molecule has 0 heterocycles. The van der Waals surface area contributed by atoms with Crippen molar-refractivity contribution < 1.29 is 20.1 Å². The zero-order valence-corrected chi connectivity index (χ0v) is 6.36. The average Bonchev–Trinajstić information content (AvgIpc) is 1.85. The molecule has 4 nitrogen and oxygen atoms in total. The molecule has 0 rings (SSSR count). The van der Waals surface area contributed by atoms with Crippen molar-refractivity contribution in [3.05, 3.63) is 0 Å². The molecule has 66 valence electrons. The molecule has 0 saturated heterocycles. The minimum absolute atomic E-state index is 0.168. The third-order valence-corrected chi connectivity index (χ3v) is 1.35. The first-order chi connectivity index (χ1) is 5.13. The average molecular weight is 162 g/mol. The SMILES string of the molecule is O=C(O)CCCCCC(O)O. The number of aliphatic carboxylic acids is 1. The van der Waals surface area contributed by atoms with E-state index in [9.17, 15) is 4.79 Å². The van der Waals surface area contributed by atoms with Crippen molar-refractivity contribution in [3.63, 3.8) is 0 Å². The van der Waals surface area contributed by atoms with Crippen LogP contribution in [-0.2, 0) is 4.79 Å². The lowest BCUT2D eigenvalue weighted by atomic mass is 10.1. The predicted molar refractivity (Wildman–Crippen MR) is 38.9 cm³/mol. The maximum absolute atomic E-state index is 10.00. The summed E-state index contributed by atoms with van der Waals surface area (Å²) in [6, 6.07) is 0. The molecule has 0 radical (unpaired) electrons. The van der Waals surface area contributed by atoms with Gasteiger partial charge in [0.05, 0.1) is 0 Å². The van der Waals surface area contributed by atoms with E-state index < -0.39 is 12.3 Å². The Morgan fingerprint density at radius 2 is 1.82 bits per heavy atom. The summed E-state index contributed by atoms with van der Waals surface area (Å²) in [5.74, 6) is -0.797. The van der Waals surface area contributed by atoms with Crippen LogP contribution in [0.2, 0.25) is 0 Å². The lowest BCUT2D eigenvalue weighted by Crippen LogP contribution is -2.03. The number of carbonyl (C=O) groups is 1. The van der Waals surface area contributed by atoms with E-state index in [1.54, 1.807) is 0 Å². The van der Waals surface area contributed by atoms with Gasteiger partial charge >= 0.3 is 5.97 Å². The van der Waals surface area contributed by atoms with E-state index in [-0.39, 0.29) is 6.42 Å². The van der Waals surface area contributed by atoms with Gasteiger partial charge < -0.3 is 15.3 Å². The summed E-state index contributed by atoms with van der Waals surface area (Å²) in [6.45, 7) is 0. The highest BCUT2D eigenvalue weighted by Crippen LogP contribution is 2.04. The van der Waals surface area contributed by atoms with E-state index >= 15 is 0 Å². The molecule has 0 aromatic carbocycles. The Balaban J connectivity index is 2.97. The summed E-state index contributed by atoms with van der Waals surface area (Å²) in [5, 5.41) is 25.0. The first kappa shape index (κ1) is 10.4. The second kappa shape index (κ2) is 6.12. The van der Waals surface area contributed by atoms with Gasteiger partial charge in [0.15, 0.2) is 6.29 Å². The van der Waals surface area contributed by atoms with E-state index in [0.29, 0.717) is 19.3 Å². The van der Waals surface area contributed by atoms with Gasteiger partial charge in [-0.15, -0.1) is 0 Å². The van der Waals surface area contributed by atoms with Crippen LogP contribution >= 0.6 is 0 Å². The van der Waals surface area contributed by atoms with Gasteiger partial charge in [0.1, 0.15) is 0 Å². The number of aliphatic hydroxyl groups is 2. The summed E-state index contributed by atoms with van der Waals surface area (Å²) >= 11 is 0. The molecule has 0 atom stereocenters. The highest BCUT2D eigenvalue weighted by atomic mass is 16.5. The van der Waals surface area contributed by atoms with Crippen LogP contribution in [0.3, 0.4) is 0 Å². The number of carboxylic acid groups (broad SMARTS) is 1. The van der Waals surface area contributed by atoms with Gasteiger partial charge in [0, 0.05) is 6.42 Å². The van der Waals surface area contributed by atoms with Gasteiger partial charge in [-0.3, -0.25) is 4.79 Å². The van der Waals surface area contributed by atoms with Gasteiger partial charge in [-0.2, -0.15) is 0 Å². The Hall–Kier alpha value is -0.610. The van der Waals surface area contributed by atoms with Gasteiger partial charge in [0.2, 0.25) is 0 Å². The maximum Gasteiger partial charge on any atom is 0.303 e. The van der Waals surface area contributed by atoms with Crippen LogP contribution in [0.15, 0.2) is 0 Å². The summed E-state index contributed by atoms with van der Waals surface area (Å²) in [7, 11) is 0. The molecule has 4 heteroatoms. The van der Waals surface area contributed by atoms with Crippen molar-refractivity contribution in [1.82, 2.24) is 0 Å². The molecule has 0 aromatic heterocycles. The molecule has 0 aliphatic heterocycles. The van der Waals surface area contributed by atoms with Crippen LogP contribution in [-0.4, -0.2) is 27.6 Å². The van der Waals surface area contributed by atoms with E-state index in [2.05, 4.69) is 0 Å². The number of hydrogen-bond acceptors (Lipinski definition) is 3. The molecule has 0 fully saturated rings.